The average Bonchev–Trinajstić information content (AvgIpc) is 2.23. The fourth-order valence-corrected chi connectivity index (χ4v) is 3.06. The Bertz CT molecular complexity index is 281. The second kappa shape index (κ2) is 7.28. The summed E-state index contributed by atoms with van der Waals surface area (Å²) in [4.78, 5) is 11.8. The molecule has 2 atom stereocenters. The molecular weight excluding hydrogens is 236 g/mol. The smallest absolute Gasteiger partial charge is 0.234 e. The maximum absolute atomic E-state index is 11.8. The third-order valence-electron chi connectivity index (χ3n) is 3.65. The lowest BCUT2D eigenvalue weighted by molar-refractivity contribution is -0.121. The average molecular weight is 268 g/mol. The minimum absolute atomic E-state index is 0.110. The van der Waals surface area contributed by atoms with Gasteiger partial charge in [-0.05, 0) is 51.9 Å². The third kappa shape index (κ3) is 7.56. The van der Waals surface area contributed by atoms with Gasteiger partial charge in [0, 0.05) is 11.6 Å². The molecule has 1 fully saturated rings. The molecule has 0 aliphatic heterocycles. The van der Waals surface area contributed by atoms with Gasteiger partial charge in [-0.1, -0.05) is 26.7 Å². The van der Waals surface area contributed by atoms with E-state index in [1.807, 2.05) is 20.8 Å². The summed E-state index contributed by atoms with van der Waals surface area (Å²) >= 11 is 0. The molecule has 0 radical (unpaired) electrons. The van der Waals surface area contributed by atoms with Crippen LogP contribution in [-0.2, 0) is 4.79 Å². The second-order valence-corrected chi connectivity index (χ2v) is 7.54. The van der Waals surface area contributed by atoms with Gasteiger partial charge in [-0.2, -0.15) is 0 Å². The molecule has 0 aromatic carbocycles. The number of carbonyl (C=O) groups excluding carboxylic acids is 1. The highest BCUT2D eigenvalue weighted by Crippen LogP contribution is 2.29. The summed E-state index contributed by atoms with van der Waals surface area (Å²) < 4.78 is 0. The van der Waals surface area contributed by atoms with Crippen LogP contribution in [0.4, 0.5) is 0 Å². The van der Waals surface area contributed by atoms with E-state index in [9.17, 15) is 4.79 Å². The number of amides is 1. The number of hydrogen-bond acceptors (Lipinski definition) is 2. The first kappa shape index (κ1) is 16.5. The van der Waals surface area contributed by atoms with E-state index in [2.05, 4.69) is 24.5 Å². The first-order valence-electron chi connectivity index (χ1n) is 7.80. The van der Waals surface area contributed by atoms with Crippen molar-refractivity contribution < 1.29 is 4.79 Å². The van der Waals surface area contributed by atoms with Crippen LogP contribution in [0.25, 0.3) is 0 Å². The first-order valence-corrected chi connectivity index (χ1v) is 7.80. The van der Waals surface area contributed by atoms with Gasteiger partial charge in [0.25, 0.3) is 0 Å². The van der Waals surface area contributed by atoms with Gasteiger partial charge < -0.3 is 10.6 Å². The minimum atomic E-state index is -0.133. The van der Waals surface area contributed by atoms with Gasteiger partial charge in [-0.3, -0.25) is 4.79 Å². The predicted molar refractivity (Wildman–Crippen MR) is 81.1 cm³/mol. The van der Waals surface area contributed by atoms with Gasteiger partial charge in [-0.15, -0.1) is 0 Å². The van der Waals surface area contributed by atoms with Crippen LogP contribution in [0.2, 0.25) is 0 Å². The Morgan fingerprint density at radius 1 is 1.26 bits per heavy atom. The SMILES string of the molecule is CC(C)CC1CCCC(NCC(=O)NC(C)(C)C)C1. The summed E-state index contributed by atoms with van der Waals surface area (Å²) in [6.45, 7) is 11.1. The Hall–Kier alpha value is -0.570. The maximum atomic E-state index is 11.8. The highest BCUT2D eigenvalue weighted by atomic mass is 16.2. The van der Waals surface area contributed by atoms with Crippen molar-refractivity contribution in [2.45, 2.75) is 78.3 Å². The topological polar surface area (TPSA) is 41.1 Å². The van der Waals surface area contributed by atoms with E-state index in [4.69, 9.17) is 0 Å². The zero-order valence-electron chi connectivity index (χ0n) is 13.4. The molecule has 1 aliphatic rings. The molecule has 3 heteroatoms. The van der Waals surface area contributed by atoms with Gasteiger partial charge in [0.2, 0.25) is 5.91 Å². The number of nitrogens with one attached hydrogen (secondary N) is 2. The van der Waals surface area contributed by atoms with Crippen molar-refractivity contribution in [1.82, 2.24) is 10.6 Å². The summed E-state index contributed by atoms with van der Waals surface area (Å²) in [7, 11) is 0. The van der Waals surface area contributed by atoms with Gasteiger partial charge in [0.15, 0.2) is 0 Å². The van der Waals surface area contributed by atoms with E-state index < -0.39 is 0 Å². The zero-order chi connectivity index (χ0) is 14.5. The Balaban J connectivity index is 2.27. The molecule has 3 nitrogen and oxygen atoms in total. The minimum Gasteiger partial charge on any atom is -0.350 e. The maximum Gasteiger partial charge on any atom is 0.234 e. The molecule has 0 bridgehead atoms. The third-order valence-corrected chi connectivity index (χ3v) is 3.65. The van der Waals surface area contributed by atoms with Crippen molar-refractivity contribution in [3.63, 3.8) is 0 Å². The fraction of sp³-hybridized carbons (Fsp3) is 0.938. The van der Waals surface area contributed by atoms with Crippen LogP contribution in [0.3, 0.4) is 0 Å². The largest absolute Gasteiger partial charge is 0.350 e. The lowest BCUT2D eigenvalue weighted by Gasteiger charge is -2.31. The highest BCUT2D eigenvalue weighted by Gasteiger charge is 2.23. The lowest BCUT2D eigenvalue weighted by Crippen LogP contribution is -2.47. The summed E-state index contributed by atoms with van der Waals surface area (Å²) in [5.41, 5.74) is -0.133. The van der Waals surface area contributed by atoms with E-state index in [0.29, 0.717) is 12.6 Å². The van der Waals surface area contributed by atoms with Crippen LogP contribution in [0.15, 0.2) is 0 Å². The quantitative estimate of drug-likeness (QED) is 0.804. The molecule has 2 N–H and O–H groups in total. The molecule has 112 valence electrons. The van der Waals surface area contributed by atoms with Crippen molar-refractivity contribution >= 4 is 5.91 Å². The van der Waals surface area contributed by atoms with Gasteiger partial charge >= 0.3 is 0 Å². The lowest BCUT2D eigenvalue weighted by atomic mass is 9.81. The van der Waals surface area contributed by atoms with Crippen molar-refractivity contribution in [3.05, 3.63) is 0 Å². The molecule has 1 rings (SSSR count). The molecule has 0 aromatic rings. The van der Waals surface area contributed by atoms with Crippen molar-refractivity contribution in [2.24, 2.45) is 11.8 Å². The highest BCUT2D eigenvalue weighted by molar-refractivity contribution is 5.78. The summed E-state index contributed by atoms with van der Waals surface area (Å²) in [5, 5.41) is 6.44. The van der Waals surface area contributed by atoms with E-state index in [1.54, 1.807) is 0 Å². The standard InChI is InChI=1S/C16H32N2O/c1-12(2)9-13-7-6-8-14(10-13)17-11-15(19)18-16(3,4)5/h12-14,17H,6-11H2,1-5H3,(H,18,19). The van der Waals surface area contributed by atoms with E-state index in [-0.39, 0.29) is 11.4 Å². The van der Waals surface area contributed by atoms with Crippen LogP contribution >= 0.6 is 0 Å². The Labute approximate surface area is 118 Å². The summed E-state index contributed by atoms with van der Waals surface area (Å²) in [6, 6.07) is 0.531. The predicted octanol–water partition coefficient (Wildman–Crippen LogP) is 3.10. The van der Waals surface area contributed by atoms with Crippen LogP contribution in [-0.4, -0.2) is 24.0 Å². The van der Waals surface area contributed by atoms with E-state index >= 15 is 0 Å². The summed E-state index contributed by atoms with van der Waals surface area (Å²) in [5.74, 6) is 1.74. The molecule has 2 unspecified atom stereocenters. The molecule has 1 amide bonds. The molecule has 0 saturated heterocycles. The Morgan fingerprint density at radius 2 is 1.95 bits per heavy atom. The van der Waals surface area contributed by atoms with E-state index in [1.165, 1.54) is 32.1 Å². The van der Waals surface area contributed by atoms with Gasteiger partial charge in [0.05, 0.1) is 6.54 Å². The molecular formula is C16H32N2O. The molecule has 19 heavy (non-hydrogen) atoms. The van der Waals surface area contributed by atoms with Gasteiger partial charge in [-0.25, -0.2) is 0 Å². The molecule has 1 aliphatic carbocycles. The van der Waals surface area contributed by atoms with Crippen molar-refractivity contribution in [2.75, 3.05) is 6.54 Å². The van der Waals surface area contributed by atoms with Gasteiger partial charge in [0.1, 0.15) is 0 Å². The zero-order valence-corrected chi connectivity index (χ0v) is 13.4. The normalized spacial score (nSPS) is 24.5. The van der Waals surface area contributed by atoms with Crippen molar-refractivity contribution in [3.8, 4) is 0 Å². The van der Waals surface area contributed by atoms with Crippen LogP contribution < -0.4 is 10.6 Å². The van der Waals surface area contributed by atoms with Crippen molar-refractivity contribution in [1.29, 1.82) is 0 Å². The Morgan fingerprint density at radius 3 is 2.53 bits per heavy atom. The summed E-state index contributed by atoms with van der Waals surface area (Å²) in [6.07, 6.45) is 6.45. The molecule has 1 saturated carbocycles. The molecule has 0 spiro atoms. The number of carbonyl (C=O) groups is 1. The number of rotatable bonds is 5. The van der Waals surface area contributed by atoms with Crippen LogP contribution in [0.1, 0.15) is 66.7 Å². The first-order chi connectivity index (χ1) is 8.76. The molecule has 0 heterocycles. The Kier molecular flexibility index (Phi) is 6.31. The fourth-order valence-electron chi connectivity index (χ4n) is 3.06. The molecule has 0 aromatic heterocycles. The van der Waals surface area contributed by atoms with E-state index in [0.717, 1.165) is 11.8 Å². The van der Waals surface area contributed by atoms with Crippen LogP contribution in [0, 0.1) is 11.8 Å². The second-order valence-electron chi connectivity index (χ2n) is 7.54. The number of hydrogen-bond donors (Lipinski definition) is 2. The van der Waals surface area contributed by atoms with Crippen LogP contribution in [0.5, 0.6) is 0 Å². The monoisotopic (exact) mass is 268 g/mol.